The zero-order chi connectivity index (χ0) is 53.3. The average molecular weight is 1020 g/mol. The van der Waals surface area contributed by atoms with Gasteiger partial charge in [0, 0.05) is 30.6 Å². The predicted octanol–water partition coefficient (Wildman–Crippen LogP) is 10.2. The Kier molecular flexibility index (Phi) is 19.6. The molecule has 0 radical (unpaired) electrons. The summed E-state index contributed by atoms with van der Waals surface area (Å²) in [5, 5.41) is 22.9. The maximum Gasteiger partial charge on any atom is 0.389 e. The number of hydrogen-bond acceptors (Lipinski definition) is 14. The standard InChI is InChI=1S/C53H52F6N2O12/c1-68-46-29-33(8-22-44(46)72-49(64)35-11-17-39(18-12-35)70-27-5-3-25-51(54,55)56)7-16-38(62)32-42(41-21-15-37(60)31-43(41)61)53(66,67)48(63)24-10-34-9-23-45(47(30-34)69-2)73-50(65)36-13-19-40(20-14-36)71-28-6-4-26-52(57,58)59/h7-24,29-31,42,66-67H,3-6,25-28,32,60-61H2,1-2H3/b16-7+,24-10+. The number of nitrogens with two attached hydrogens (primary N) is 2. The van der Waals surface area contributed by atoms with Gasteiger partial charge in [0.05, 0.1) is 44.5 Å². The zero-order valence-corrected chi connectivity index (χ0v) is 39.5. The van der Waals surface area contributed by atoms with Gasteiger partial charge in [0.2, 0.25) is 11.6 Å². The van der Waals surface area contributed by atoms with Crippen molar-refractivity contribution in [3.05, 3.63) is 143 Å². The number of allylic oxidation sites excluding steroid dienone is 1. The molecule has 1 unspecified atom stereocenters. The average Bonchev–Trinajstić information content (AvgIpc) is 3.34. The number of halogens is 6. The van der Waals surface area contributed by atoms with E-state index in [1.807, 2.05) is 0 Å². The molecule has 5 rings (SSSR count). The number of ketones is 2. The van der Waals surface area contributed by atoms with Gasteiger partial charge < -0.3 is 50.1 Å². The summed E-state index contributed by atoms with van der Waals surface area (Å²) in [6.45, 7) is 0.121. The Balaban J connectivity index is 1.22. The third kappa shape index (κ3) is 17.5. The number of alkyl halides is 6. The Morgan fingerprint density at radius 2 is 1.03 bits per heavy atom. The van der Waals surface area contributed by atoms with E-state index in [0.29, 0.717) is 22.6 Å². The summed E-state index contributed by atoms with van der Waals surface area (Å²) in [6.07, 6.45) is -6.07. The van der Waals surface area contributed by atoms with Crippen LogP contribution in [0.25, 0.3) is 12.2 Å². The molecule has 6 N–H and O–H groups in total. The molecule has 0 aromatic heterocycles. The van der Waals surface area contributed by atoms with Gasteiger partial charge in [-0.25, -0.2) is 9.59 Å². The lowest BCUT2D eigenvalue weighted by Gasteiger charge is -2.30. The molecule has 0 aliphatic heterocycles. The van der Waals surface area contributed by atoms with Gasteiger partial charge in [-0.3, -0.25) is 9.59 Å². The lowest BCUT2D eigenvalue weighted by molar-refractivity contribution is -0.187. The Morgan fingerprint density at radius 3 is 1.45 bits per heavy atom. The van der Waals surface area contributed by atoms with E-state index in [1.165, 1.54) is 129 Å². The predicted molar refractivity (Wildman–Crippen MR) is 257 cm³/mol. The molecule has 1 atom stereocenters. The van der Waals surface area contributed by atoms with E-state index in [4.69, 9.17) is 39.9 Å². The smallest absolute Gasteiger partial charge is 0.389 e. The third-order valence-electron chi connectivity index (χ3n) is 10.8. The second-order valence-electron chi connectivity index (χ2n) is 16.4. The minimum atomic E-state index is -4.24. The van der Waals surface area contributed by atoms with Gasteiger partial charge in [-0.2, -0.15) is 26.3 Å². The SMILES string of the molecule is COc1cc(/C=C/C(=O)CC(c2ccc(N)cc2N)C(O)(O)C(=O)/C=C/c2ccc(OC(=O)c3ccc(OCCCCC(F)(F)F)cc3)c(OC)c2)ccc1OC(=O)c1ccc(OCCCCC(F)(F)F)cc1. The third-order valence-corrected chi connectivity index (χ3v) is 10.8. The van der Waals surface area contributed by atoms with Crippen LogP contribution >= 0.6 is 0 Å². The molecule has 0 fully saturated rings. The first-order valence-electron chi connectivity index (χ1n) is 22.5. The molecule has 73 heavy (non-hydrogen) atoms. The fraction of sp³-hybridized carbons (Fsp3) is 0.283. The zero-order valence-electron chi connectivity index (χ0n) is 39.5. The van der Waals surface area contributed by atoms with Gasteiger partial charge >= 0.3 is 24.3 Å². The van der Waals surface area contributed by atoms with Crippen molar-refractivity contribution < 1.29 is 84.2 Å². The fourth-order valence-electron chi connectivity index (χ4n) is 6.98. The van der Waals surface area contributed by atoms with Crippen LogP contribution in [0, 0.1) is 0 Å². The van der Waals surface area contributed by atoms with Gasteiger partial charge in [0.1, 0.15) is 11.5 Å². The molecule has 20 heteroatoms. The first-order valence-corrected chi connectivity index (χ1v) is 22.5. The first kappa shape index (κ1) is 56.1. The van der Waals surface area contributed by atoms with E-state index in [-0.39, 0.29) is 90.0 Å². The topological polar surface area (TPSA) is 216 Å². The summed E-state index contributed by atoms with van der Waals surface area (Å²) < 4.78 is 107. The molecule has 0 spiro atoms. The lowest BCUT2D eigenvalue weighted by atomic mass is 9.82. The second-order valence-corrected chi connectivity index (χ2v) is 16.4. The molecule has 0 saturated carbocycles. The van der Waals surface area contributed by atoms with Crippen LogP contribution in [0.4, 0.5) is 37.7 Å². The molecule has 5 aromatic rings. The lowest BCUT2D eigenvalue weighted by Crippen LogP contribution is -2.44. The Bertz CT molecular complexity index is 2760. The van der Waals surface area contributed by atoms with Crippen molar-refractivity contribution in [1.82, 2.24) is 0 Å². The highest BCUT2D eigenvalue weighted by Gasteiger charge is 2.43. The number of methoxy groups -OCH3 is 2. The minimum Gasteiger partial charge on any atom is -0.494 e. The van der Waals surface area contributed by atoms with Crippen LogP contribution in [0.5, 0.6) is 34.5 Å². The van der Waals surface area contributed by atoms with Crippen molar-refractivity contribution in [2.75, 3.05) is 38.9 Å². The summed E-state index contributed by atoms with van der Waals surface area (Å²) in [4.78, 5) is 53.0. The summed E-state index contributed by atoms with van der Waals surface area (Å²) in [5.41, 5.74) is 13.3. The van der Waals surface area contributed by atoms with Crippen molar-refractivity contribution in [1.29, 1.82) is 0 Å². The van der Waals surface area contributed by atoms with Gasteiger partial charge in [-0.15, -0.1) is 0 Å². The molecule has 0 bridgehead atoms. The largest absolute Gasteiger partial charge is 0.494 e. The normalized spacial score (nSPS) is 12.4. The molecule has 0 aliphatic rings. The van der Waals surface area contributed by atoms with E-state index in [9.17, 15) is 55.7 Å². The fourth-order valence-corrected chi connectivity index (χ4v) is 6.98. The molecule has 0 aliphatic carbocycles. The highest BCUT2D eigenvalue weighted by molar-refractivity contribution is 6.01. The van der Waals surface area contributed by atoms with E-state index in [0.717, 1.165) is 12.2 Å². The quantitative estimate of drug-likeness (QED) is 0.00814. The molecule has 388 valence electrons. The highest BCUT2D eigenvalue weighted by Crippen LogP contribution is 2.37. The second kappa shape index (κ2) is 25.5. The van der Waals surface area contributed by atoms with E-state index < -0.39 is 66.8 Å². The van der Waals surface area contributed by atoms with Crippen LogP contribution in [-0.4, -0.2) is 79.3 Å². The molecule has 0 saturated heterocycles. The van der Waals surface area contributed by atoms with Gasteiger partial charge in [-0.1, -0.05) is 30.4 Å². The summed E-state index contributed by atoms with van der Waals surface area (Å²) in [6, 6.07) is 24.3. The number of ether oxygens (including phenoxy) is 6. The van der Waals surface area contributed by atoms with Gasteiger partial charge in [-0.05, 0) is 139 Å². The first-order chi connectivity index (χ1) is 34.5. The summed E-state index contributed by atoms with van der Waals surface area (Å²) >= 11 is 0. The van der Waals surface area contributed by atoms with Gasteiger partial charge in [0.25, 0.3) is 0 Å². The van der Waals surface area contributed by atoms with Crippen molar-refractivity contribution >= 4 is 47.0 Å². The minimum absolute atomic E-state index is 0.00280. The molecular weight excluding hydrogens is 971 g/mol. The maximum absolute atomic E-state index is 13.6. The van der Waals surface area contributed by atoms with E-state index >= 15 is 0 Å². The number of carbonyl (C=O) groups excluding carboxylic acids is 4. The van der Waals surface area contributed by atoms with Crippen molar-refractivity contribution in [3.63, 3.8) is 0 Å². The molecular formula is C53H52F6N2O12. The van der Waals surface area contributed by atoms with Crippen molar-refractivity contribution in [2.45, 2.75) is 69.0 Å². The monoisotopic (exact) mass is 1020 g/mol. The van der Waals surface area contributed by atoms with Crippen molar-refractivity contribution in [3.8, 4) is 34.5 Å². The Hall–Kier alpha value is -7.84. The molecule has 0 amide bonds. The number of nitrogen functional groups attached to an aromatic ring is 2. The number of unbranched alkanes of at least 4 members (excludes halogenated alkanes) is 2. The van der Waals surface area contributed by atoms with Crippen LogP contribution in [0.3, 0.4) is 0 Å². The summed E-state index contributed by atoms with van der Waals surface area (Å²) in [7, 11) is 2.63. The van der Waals surface area contributed by atoms with Crippen molar-refractivity contribution in [2.24, 2.45) is 0 Å². The number of hydrogen-bond donors (Lipinski definition) is 4. The van der Waals surface area contributed by atoms with Crippen LogP contribution < -0.4 is 39.9 Å². The van der Waals surface area contributed by atoms with Crippen LogP contribution in [0.15, 0.2) is 115 Å². The van der Waals surface area contributed by atoms with Crippen LogP contribution in [0.1, 0.15) is 88.3 Å². The number of aliphatic hydroxyl groups is 2. The van der Waals surface area contributed by atoms with E-state index in [1.54, 1.807) is 0 Å². The number of anilines is 2. The molecule has 0 heterocycles. The van der Waals surface area contributed by atoms with Crippen LogP contribution in [0.2, 0.25) is 0 Å². The molecule has 14 nitrogen and oxygen atoms in total. The van der Waals surface area contributed by atoms with Crippen LogP contribution in [-0.2, 0) is 9.59 Å². The van der Waals surface area contributed by atoms with Gasteiger partial charge in [0.15, 0.2) is 28.8 Å². The number of benzene rings is 5. The maximum atomic E-state index is 13.6. The Morgan fingerprint density at radius 1 is 0.575 bits per heavy atom. The number of rotatable bonds is 25. The Labute approximate surface area is 415 Å². The summed E-state index contributed by atoms with van der Waals surface area (Å²) in [5.74, 6) is -7.35. The van der Waals surface area contributed by atoms with E-state index in [2.05, 4.69) is 0 Å². The highest BCUT2D eigenvalue weighted by atomic mass is 19.4. The number of esters is 2. The number of carbonyl (C=O) groups is 4. The molecule has 5 aromatic carbocycles.